The van der Waals surface area contributed by atoms with E-state index in [1.54, 1.807) is 30.3 Å². The van der Waals surface area contributed by atoms with Gasteiger partial charge in [-0.05, 0) is 12.5 Å². The van der Waals surface area contributed by atoms with E-state index in [9.17, 15) is 22.8 Å². The van der Waals surface area contributed by atoms with Crippen LogP contribution in [0.15, 0.2) is 30.3 Å². The number of hydrogen-bond acceptors (Lipinski definition) is 4. The van der Waals surface area contributed by atoms with Crippen molar-refractivity contribution in [1.82, 2.24) is 0 Å². The van der Waals surface area contributed by atoms with Crippen molar-refractivity contribution in [2.24, 2.45) is 0 Å². The highest BCUT2D eigenvalue weighted by atomic mass is 19.4. The lowest BCUT2D eigenvalue weighted by Gasteiger charge is -2.14. The molecule has 1 rings (SSSR count). The lowest BCUT2D eigenvalue weighted by molar-refractivity contribution is -0.204. The summed E-state index contributed by atoms with van der Waals surface area (Å²) in [5.74, 6) is -3.06. The molecule has 0 aromatic heterocycles. The Hall–Kier alpha value is -2.05. The molecule has 1 atom stereocenters. The Morgan fingerprint density at radius 3 is 2.35 bits per heavy atom. The Morgan fingerprint density at radius 2 is 1.80 bits per heavy atom. The van der Waals surface area contributed by atoms with Crippen molar-refractivity contribution in [2.45, 2.75) is 32.2 Å². The van der Waals surface area contributed by atoms with E-state index in [2.05, 4.69) is 4.74 Å². The number of benzene rings is 1. The summed E-state index contributed by atoms with van der Waals surface area (Å²) >= 11 is 0. The Bertz CT molecular complexity index is 456. The molecule has 0 N–H and O–H groups in total. The van der Waals surface area contributed by atoms with Crippen LogP contribution in [0.1, 0.15) is 18.9 Å². The topological polar surface area (TPSA) is 52.6 Å². The third kappa shape index (κ3) is 5.73. The van der Waals surface area contributed by atoms with Gasteiger partial charge in [-0.1, -0.05) is 30.3 Å². The van der Waals surface area contributed by atoms with Crippen LogP contribution in [0.4, 0.5) is 13.2 Å². The average Bonchev–Trinajstić information content (AvgIpc) is 2.36. The van der Waals surface area contributed by atoms with E-state index in [0.717, 1.165) is 5.56 Å². The van der Waals surface area contributed by atoms with Gasteiger partial charge in [0.2, 0.25) is 0 Å². The standard InChI is InChI=1S/C13H13F3O4/c1-9(20-12(18)13(14,15)16)7-11(17)19-8-10-5-3-2-4-6-10/h2-6,9H,7-8H2,1H3. The molecule has 0 aliphatic heterocycles. The monoisotopic (exact) mass is 290 g/mol. The van der Waals surface area contributed by atoms with E-state index in [1.807, 2.05) is 0 Å². The summed E-state index contributed by atoms with van der Waals surface area (Å²) in [5.41, 5.74) is 0.751. The Morgan fingerprint density at radius 1 is 1.20 bits per heavy atom. The van der Waals surface area contributed by atoms with Crippen LogP contribution >= 0.6 is 0 Å². The van der Waals surface area contributed by atoms with Gasteiger partial charge in [0.15, 0.2) is 0 Å². The smallest absolute Gasteiger partial charge is 0.461 e. The van der Waals surface area contributed by atoms with Gasteiger partial charge in [-0.2, -0.15) is 13.2 Å². The average molecular weight is 290 g/mol. The van der Waals surface area contributed by atoms with Crippen molar-refractivity contribution in [3.8, 4) is 0 Å². The summed E-state index contributed by atoms with van der Waals surface area (Å²) in [7, 11) is 0. The molecule has 0 heterocycles. The van der Waals surface area contributed by atoms with Gasteiger partial charge in [0.05, 0.1) is 6.42 Å². The van der Waals surface area contributed by atoms with Gasteiger partial charge < -0.3 is 9.47 Å². The van der Waals surface area contributed by atoms with E-state index >= 15 is 0 Å². The molecule has 0 aliphatic rings. The molecule has 0 radical (unpaired) electrons. The first-order chi connectivity index (χ1) is 9.29. The molecule has 0 amide bonds. The van der Waals surface area contributed by atoms with E-state index < -0.39 is 30.6 Å². The second-order valence-electron chi connectivity index (χ2n) is 4.06. The number of ether oxygens (including phenoxy) is 2. The summed E-state index contributed by atoms with van der Waals surface area (Å²) in [4.78, 5) is 21.9. The fraction of sp³-hybridized carbons (Fsp3) is 0.385. The van der Waals surface area contributed by atoms with Crippen LogP contribution in [-0.2, 0) is 25.7 Å². The summed E-state index contributed by atoms with van der Waals surface area (Å²) in [5, 5.41) is 0. The SMILES string of the molecule is CC(CC(=O)OCc1ccccc1)OC(=O)C(F)(F)F. The van der Waals surface area contributed by atoms with Crippen LogP contribution in [0, 0.1) is 0 Å². The third-order valence-corrected chi connectivity index (χ3v) is 2.24. The van der Waals surface area contributed by atoms with Crippen molar-refractivity contribution >= 4 is 11.9 Å². The molecule has 1 unspecified atom stereocenters. The number of esters is 2. The zero-order chi connectivity index (χ0) is 15.2. The largest absolute Gasteiger partial charge is 0.490 e. The number of alkyl halides is 3. The number of carbonyl (C=O) groups excluding carboxylic acids is 2. The van der Waals surface area contributed by atoms with Crippen molar-refractivity contribution < 1.29 is 32.2 Å². The van der Waals surface area contributed by atoms with Crippen molar-refractivity contribution in [2.75, 3.05) is 0 Å². The quantitative estimate of drug-likeness (QED) is 0.782. The summed E-state index contributed by atoms with van der Waals surface area (Å²) in [6.45, 7) is 1.20. The predicted molar refractivity (Wildman–Crippen MR) is 62.5 cm³/mol. The van der Waals surface area contributed by atoms with Crippen LogP contribution in [0.5, 0.6) is 0 Å². The van der Waals surface area contributed by atoms with Crippen LogP contribution in [0.3, 0.4) is 0 Å². The number of rotatable bonds is 5. The Balaban J connectivity index is 2.33. The normalized spacial score (nSPS) is 12.6. The molecule has 20 heavy (non-hydrogen) atoms. The first-order valence-corrected chi connectivity index (χ1v) is 5.76. The minimum Gasteiger partial charge on any atom is -0.461 e. The lowest BCUT2D eigenvalue weighted by atomic mass is 10.2. The predicted octanol–water partition coefficient (Wildman–Crippen LogP) is 2.61. The molecule has 4 nitrogen and oxygen atoms in total. The third-order valence-electron chi connectivity index (χ3n) is 2.24. The molecule has 0 saturated heterocycles. The van der Waals surface area contributed by atoms with E-state index in [1.165, 1.54) is 6.92 Å². The fourth-order valence-corrected chi connectivity index (χ4v) is 1.32. The van der Waals surface area contributed by atoms with Gasteiger partial charge in [-0.25, -0.2) is 4.79 Å². The van der Waals surface area contributed by atoms with Crippen LogP contribution in [0.25, 0.3) is 0 Å². The summed E-state index contributed by atoms with van der Waals surface area (Å²) in [6, 6.07) is 8.79. The fourth-order valence-electron chi connectivity index (χ4n) is 1.32. The van der Waals surface area contributed by atoms with E-state index in [4.69, 9.17) is 4.74 Å². The summed E-state index contributed by atoms with van der Waals surface area (Å²) in [6.07, 6.45) is -6.70. The van der Waals surface area contributed by atoms with Gasteiger partial charge in [-0.15, -0.1) is 0 Å². The molecule has 0 spiro atoms. The number of halogens is 3. The first kappa shape index (κ1) is 16.0. The lowest BCUT2D eigenvalue weighted by Crippen LogP contribution is -2.30. The highest BCUT2D eigenvalue weighted by Crippen LogP contribution is 2.18. The number of hydrogen-bond donors (Lipinski definition) is 0. The molecule has 7 heteroatoms. The van der Waals surface area contributed by atoms with Gasteiger partial charge >= 0.3 is 18.1 Å². The molecular formula is C13H13F3O4. The van der Waals surface area contributed by atoms with Gasteiger partial charge in [0.1, 0.15) is 12.7 Å². The van der Waals surface area contributed by atoms with Crippen molar-refractivity contribution in [3.63, 3.8) is 0 Å². The molecule has 0 aliphatic carbocycles. The van der Waals surface area contributed by atoms with E-state index in [-0.39, 0.29) is 6.61 Å². The second kappa shape index (κ2) is 6.93. The van der Waals surface area contributed by atoms with Gasteiger partial charge in [-0.3, -0.25) is 4.79 Å². The zero-order valence-corrected chi connectivity index (χ0v) is 10.6. The molecular weight excluding hydrogens is 277 g/mol. The Kier molecular flexibility index (Phi) is 5.54. The van der Waals surface area contributed by atoms with Gasteiger partial charge in [0, 0.05) is 0 Å². The molecule has 1 aromatic carbocycles. The van der Waals surface area contributed by atoms with Gasteiger partial charge in [0.25, 0.3) is 0 Å². The zero-order valence-electron chi connectivity index (χ0n) is 10.6. The van der Waals surface area contributed by atoms with Crippen LogP contribution in [-0.4, -0.2) is 24.2 Å². The van der Waals surface area contributed by atoms with Crippen LogP contribution in [0.2, 0.25) is 0 Å². The molecule has 110 valence electrons. The minimum absolute atomic E-state index is 0.0135. The highest BCUT2D eigenvalue weighted by Gasteiger charge is 2.41. The maximum Gasteiger partial charge on any atom is 0.490 e. The minimum atomic E-state index is -5.07. The first-order valence-electron chi connectivity index (χ1n) is 5.76. The van der Waals surface area contributed by atoms with Crippen molar-refractivity contribution in [3.05, 3.63) is 35.9 Å². The van der Waals surface area contributed by atoms with E-state index in [0.29, 0.717) is 0 Å². The molecule has 0 saturated carbocycles. The molecule has 1 aromatic rings. The second-order valence-corrected chi connectivity index (χ2v) is 4.06. The molecule has 0 bridgehead atoms. The molecule has 0 fully saturated rings. The maximum absolute atomic E-state index is 11.9. The van der Waals surface area contributed by atoms with Crippen molar-refractivity contribution in [1.29, 1.82) is 0 Å². The summed E-state index contributed by atoms with van der Waals surface area (Å²) < 4.78 is 44.7. The number of carbonyl (C=O) groups is 2. The Labute approximate surface area is 113 Å². The van der Waals surface area contributed by atoms with Crippen LogP contribution < -0.4 is 0 Å². The maximum atomic E-state index is 11.9. The highest BCUT2D eigenvalue weighted by molar-refractivity contribution is 5.76.